The predicted molar refractivity (Wildman–Crippen MR) is 59.0 cm³/mol. The van der Waals surface area contributed by atoms with Crippen LogP contribution in [0.5, 0.6) is 0 Å². The second-order valence-corrected chi connectivity index (χ2v) is 3.96. The van der Waals surface area contributed by atoms with Gasteiger partial charge in [0.2, 0.25) is 0 Å². The minimum Gasteiger partial charge on any atom is -0.291 e. The van der Waals surface area contributed by atoms with Crippen LogP contribution in [0.2, 0.25) is 0 Å². The van der Waals surface area contributed by atoms with E-state index in [1.54, 1.807) is 30.0 Å². The highest BCUT2D eigenvalue weighted by molar-refractivity contribution is 7.11. The van der Waals surface area contributed by atoms with Gasteiger partial charge >= 0.3 is 0 Å². The zero-order valence-corrected chi connectivity index (χ0v) is 9.02. The Hall–Kier alpha value is -2.06. The van der Waals surface area contributed by atoms with Gasteiger partial charge in [0.1, 0.15) is 5.92 Å². The summed E-state index contributed by atoms with van der Waals surface area (Å²) < 4.78 is 0. The summed E-state index contributed by atoms with van der Waals surface area (Å²) in [7, 11) is 0. The largest absolute Gasteiger partial charge is 0.291 e. The standard InChI is InChI=1S/C11H7N3OS/c12-5-9(8-1-3-13-4-2-8)11(15)10-6-14-7-16-10/h1-4,6-7,9H. The van der Waals surface area contributed by atoms with Crippen LogP contribution in [0.3, 0.4) is 0 Å². The third kappa shape index (κ3) is 1.97. The summed E-state index contributed by atoms with van der Waals surface area (Å²) in [5, 5.41) is 9.04. The number of carbonyl (C=O) groups excluding carboxylic acids is 1. The smallest absolute Gasteiger partial charge is 0.195 e. The third-order valence-corrected chi connectivity index (χ3v) is 2.89. The van der Waals surface area contributed by atoms with Gasteiger partial charge in [-0.3, -0.25) is 14.8 Å². The summed E-state index contributed by atoms with van der Waals surface area (Å²) in [6, 6.07) is 5.35. The molecule has 4 nitrogen and oxygen atoms in total. The topological polar surface area (TPSA) is 66.6 Å². The van der Waals surface area contributed by atoms with Crippen molar-refractivity contribution in [3.8, 4) is 6.07 Å². The summed E-state index contributed by atoms with van der Waals surface area (Å²) in [4.78, 5) is 20.2. The van der Waals surface area contributed by atoms with Crippen LogP contribution in [-0.2, 0) is 0 Å². The molecule has 16 heavy (non-hydrogen) atoms. The Balaban J connectivity index is 2.32. The summed E-state index contributed by atoms with van der Waals surface area (Å²) >= 11 is 1.24. The molecule has 0 aliphatic carbocycles. The molecule has 1 atom stereocenters. The lowest BCUT2D eigenvalue weighted by atomic mass is 9.97. The Kier molecular flexibility index (Phi) is 3.03. The average Bonchev–Trinajstić information content (AvgIpc) is 2.85. The van der Waals surface area contributed by atoms with Gasteiger partial charge < -0.3 is 0 Å². The predicted octanol–water partition coefficient (Wildman–Crippen LogP) is 2.03. The van der Waals surface area contributed by atoms with Gasteiger partial charge in [0.05, 0.1) is 16.5 Å². The Labute approximate surface area is 96.2 Å². The van der Waals surface area contributed by atoms with Gasteiger partial charge in [0.15, 0.2) is 5.78 Å². The van der Waals surface area contributed by atoms with Crippen LogP contribution in [0.1, 0.15) is 21.2 Å². The fourth-order valence-electron chi connectivity index (χ4n) is 1.32. The molecule has 2 rings (SSSR count). The molecule has 2 aromatic heterocycles. The number of aromatic nitrogens is 2. The summed E-state index contributed by atoms with van der Waals surface area (Å²) in [5.74, 6) is -0.986. The highest BCUT2D eigenvalue weighted by Gasteiger charge is 2.22. The molecule has 5 heteroatoms. The van der Waals surface area contributed by atoms with Crippen molar-refractivity contribution in [1.29, 1.82) is 5.26 Å². The first kappa shape index (κ1) is 10.5. The highest BCUT2D eigenvalue weighted by atomic mass is 32.1. The van der Waals surface area contributed by atoms with Crippen molar-refractivity contribution in [3.05, 3.63) is 46.7 Å². The molecule has 0 aliphatic heterocycles. The molecule has 0 aromatic carbocycles. The fourth-order valence-corrected chi connectivity index (χ4v) is 1.91. The monoisotopic (exact) mass is 229 g/mol. The van der Waals surface area contributed by atoms with E-state index in [1.165, 1.54) is 17.5 Å². The molecule has 78 valence electrons. The van der Waals surface area contributed by atoms with Gasteiger partial charge in [-0.05, 0) is 17.7 Å². The number of nitrogens with zero attached hydrogens (tertiary/aromatic N) is 3. The second kappa shape index (κ2) is 4.64. The number of rotatable bonds is 3. The molecular weight excluding hydrogens is 222 g/mol. The van der Waals surface area contributed by atoms with Crippen LogP contribution < -0.4 is 0 Å². The van der Waals surface area contributed by atoms with E-state index in [0.717, 1.165) is 0 Å². The molecule has 2 aromatic rings. The van der Waals surface area contributed by atoms with Gasteiger partial charge in [0.25, 0.3) is 0 Å². The van der Waals surface area contributed by atoms with Crippen LogP contribution in [0.15, 0.2) is 36.2 Å². The van der Waals surface area contributed by atoms with E-state index >= 15 is 0 Å². The fraction of sp³-hybridized carbons (Fsp3) is 0.0909. The highest BCUT2D eigenvalue weighted by Crippen LogP contribution is 2.21. The Bertz CT molecular complexity index is 516. The first-order valence-electron chi connectivity index (χ1n) is 4.55. The number of pyridine rings is 1. The Morgan fingerprint density at radius 3 is 2.69 bits per heavy atom. The number of ketones is 1. The van der Waals surface area contributed by atoms with Crippen molar-refractivity contribution in [3.63, 3.8) is 0 Å². The lowest BCUT2D eigenvalue weighted by Crippen LogP contribution is -2.09. The number of Topliss-reactive ketones (excluding diaryl/α,β-unsaturated/α-hetero) is 1. The van der Waals surface area contributed by atoms with Crippen molar-refractivity contribution in [2.24, 2.45) is 0 Å². The van der Waals surface area contributed by atoms with E-state index in [-0.39, 0.29) is 5.78 Å². The van der Waals surface area contributed by atoms with E-state index in [4.69, 9.17) is 5.26 Å². The number of carbonyl (C=O) groups is 1. The molecule has 0 aliphatic rings. The molecule has 0 spiro atoms. The van der Waals surface area contributed by atoms with Crippen molar-refractivity contribution in [2.75, 3.05) is 0 Å². The second-order valence-electron chi connectivity index (χ2n) is 3.07. The first-order valence-corrected chi connectivity index (χ1v) is 5.43. The zero-order chi connectivity index (χ0) is 11.4. The normalized spacial score (nSPS) is 11.7. The van der Waals surface area contributed by atoms with E-state index in [9.17, 15) is 4.79 Å². The molecule has 0 N–H and O–H groups in total. The van der Waals surface area contributed by atoms with E-state index in [0.29, 0.717) is 10.4 Å². The van der Waals surface area contributed by atoms with Crippen LogP contribution in [0.25, 0.3) is 0 Å². The molecule has 0 radical (unpaired) electrons. The van der Waals surface area contributed by atoms with E-state index in [2.05, 4.69) is 9.97 Å². The van der Waals surface area contributed by atoms with Crippen LogP contribution in [0, 0.1) is 11.3 Å². The maximum absolute atomic E-state index is 12.0. The molecule has 0 fully saturated rings. The van der Waals surface area contributed by atoms with Gasteiger partial charge in [-0.25, -0.2) is 0 Å². The molecule has 0 saturated heterocycles. The minimum absolute atomic E-state index is 0.212. The number of hydrogen-bond acceptors (Lipinski definition) is 5. The number of hydrogen-bond donors (Lipinski definition) is 0. The summed E-state index contributed by atoms with van der Waals surface area (Å²) in [6.07, 6.45) is 4.62. The van der Waals surface area contributed by atoms with Crippen molar-refractivity contribution in [1.82, 2.24) is 9.97 Å². The summed E-state index contributed by atoms with van der Waals surface area (Å²) in [6.45, 7) is 0. The quantitative estimate of drug-likeness (QED) is 0.755. The molecule has 0 amide bonds. The zero-order valence-electron chi connectivity index (χ0n) is 8.20. The van der Waals surface area contributed by atoms with Crippen molar-refractivity contribution >= 4 is 17.1 Å². The molecule has 0 saturated carbocycles. The molecular formula is C11H7N3OS. The molecule has 2 heterocycles. The minimum atomic E-state index is -0.775. The van der Waals surface area contributed by atoms with Crippen molar-refractivity contribution in [2.45, 2.75) is 5.92 Å². The van der Waals surface area contributed by atoms with E-state index in [1.807, 2.05) is 6.07 Å². The maximum Gasteiger partial charge on any atom is 0.195 e. The first-order chi connectivity index (χ1) is 7.83. The van der Waals surface area contributed by atoms with Gasteiger partial charge in [-0.15, -0.1) is 11.3 Å². The van der Waals surface area contributed by atoms with Crippen LogP contribution in [-0.4, -0.2) is 15.8 Å². The molecule has 0 bridgehead atoms. The third-order valence-electron chi connectivity index (χ3n) is 2.11. The Morgan fingerprint density at radius 1 is 1.38 bits per heavy atom. The van der Waals surface area contributed by atoms with E-state index < -0.39 is 5.92 Å². The maximum atomic E-state index is 12.0. The van der Waals surface area contributed by atoms with Gasteiger partial charge in [-0.1, -0.05) is 0 Å². The van der Waals surface area contributed by atoms with Crippen LogP contribution >= 0.6 is 11.3 Å². The molecule has 1 unspecified atom stereocenters. The summed E-state index contributed by atoms with van der Waals surface area (Å²) in [5.41, 5.74) is 2.24. The lowest BCUT2D eigenvalue weighted by Gasteiger charge is -2.05. The van der Waals surface area contributed by atoms with Crippen LogP contribution in [0.4, 0.5) is 0 Å². The van der Waals surface area contributed by atoms with Gasteiger partial charge in [-0.2, -0.15) is 5.26 Å². The Morgan fingerprint density at radius 2 is 2.12 bits per heavy atom. The lowest BCUT2D eigenvalue weighted by molar-refractivity contribution is 0.0982. The number of nitriles is 1. The SMILES string of the molecule is N#CC(C(=O)c1cncs1)c1ccncc1. The average molecular weight is 229 g/mol. The van der Waals surface area contributed by atoms with Crippen molar-refractivity contribution < 1.29 is 4.79 Å². The van der Waals surface area contributed by atoms with Gasteiger partial charge in [0, 0.05) is 18.6 Å². The number of thiazole rings is 1.